The van der Waals surface area contributed by atoms with Crippen LogP contribution in [0.5, 0.6) is 5.75 Å². The molecule has 0 fully saturated rings. The normalized spacial score (nSPS) is 11.4. The van der Waals surface area contributed by atoms with E-state index in [9.17, 15) is 8.42 Å². The van der Waals surface area contributed by atoms with Gasteiger partial charge in [-0.1, -0.05) is 31.9 Å². The molecule has 1 aromatic carbocycles. The molecule has 0 saturated carbocycles. The molecule has 16 heavy (non-hydrogen) atoms. The molecular weight excluding hydrogens is 224 g/mol. The highest BCUT2D eigenvalue weighted by Crippen LogP contribution is 2.15. The molecule has 0 bridgehead atoms. The lowest BCUT2D eigenvalue weighted by Crippen LogP contribution is -2.05. The summed E-state index contributed by atoms with van der Waals surface area (Å²) < 4.78 is 26.5. The third kappa shape index (κ3) is 5.16. The number of rotatable bonds is 6. The second-order valence-corrected chi connectivity index (χ2v) is 5.32. The van der Waals surface area contributed by atoms with Gasteiger partial charge in [0.15, 0.2) is 0 Å². The van der Waals surface area contributed by atoms with E-state index >= 15 is 0 Å². The molecule has 0 unspecified atom stereocenters. The smallest absolute Gasteiger partial charge is 0.306 e. The van der Waals surface area contributed by atoms with Crippen LogP contribution in [-0.2, 0) is 16.5 Å². The molecule has 4 heteroatoms. The maximum Gasteiger partial charge on any atom is 0.306 e. The SMILES string of the molecule is [CH2]CCCCc1ccc(OS(C)(=O)=O)cc1. The van der Waals surface area contributed by atoms with E-state index < -0.39 is 10.1 Å². The molecule has 0 amide bonds. The van der Waals surface area contributed by atoms with Crippen LogP contribution in [0.1, 0.15) is 24.8 Å². The van der Waals surface area contributed by atoms with Crippen LogP contribution >= 0.6 is 0 Å². The third-order valence-electron chi connectivity index (χ3n) is 2.14. The Morgan fingerprint density at radius 3 is 2.31 bits per heavy atom. The molecule has 0 aliphatic rings. The largest absolute Gasteiger partial charge is 0.383 e. The number of hydrogen-bond donors (Lipinski definition) is 0. The Morgan fingerprint density at radius 1 is 1.19 bits per heavy atom. The van der Waals surface area contributed by atoms with Crippen LogP contribution in [-0.4, -0.2) is 14.7 Å². The number of aryl methyl sites for hydroxylation is 1. The van der Waals surface area contributed by atoms with E-state index in [0.29, 0.717) is 5.75 Å². The van der Waals surface area contributed by atoms with E-state index in [1.54, 1.807) is 12.1 Å². The van der Waals surface area contributed by atoms with Crippen LogP contribution < -0.4 is 4.18 Å². The van der Waals surface area contributed by atoms with Crippen molar-refractivity contribution in [1.82, 2.24) is 0 Å². The summed E-state index contributed by atoms with van der Waals surface area (Å²) in [5, 5.41) is 0. The van der Waals surface area contributed by atoms with Gasteiger partial charge in [0.1, 0.15) is 5.75 Å². The minimum absolute atomic E-state index is 0.364. The molecule has 1 rings (SSSR count). The minimum Gasteiger partial charge on any atom is -0.383 e. The van der Waals surface area contributed by atoms with Crippen molar-refractivity contribution in [2.24, 2.45) is 0 Å². The fourth-order valence-corrected chi connectivity index (χ4v) is 1.85. The van der Waals surface area contributed by atoms with Crippen molar-refractivity contribution in [3.8, 4) is 5.75 Å². The first-order chi connectivity index (χ1) is 7.51. The Kier molecular flexibility index (Phi) is 4.80. The van der Waals surface area contributed by atoms with E-state index in [1.165, 1.54) is 5.56 Å². The van der Waals surface area contributed by atoms with Gasteiger partial charge in [-0.15, -0.1) is 0 Å². The van der Waals surface area contributed by atoms with Crippen molar-refractivity contribution >= 4 is 10.1 Å². The van der Waals surface area contributed by atoms with Gasteiger partial charge in [-0.25, -0.2) is 0 Å². The van der Waals surface area contributed by atoms with Crippen molar-refractivity contribution in [3.05, 3.63) is 36.8 Å². The minimum atomic E-state index is -3.42. The average molecular weight is 241 g/mol. The molecule has 0 aliphatic heterocycles. The van der Waals surface area contributed by atoms with Gasteiger partial charge in [-0.3, -0.25) is 0 Å². The second-order valence-electron chi connectivity index (χ2n) is 3.74. The van der Waals surface area contributed by atoms with Crippen molar-refractivity contribution in [2.45, 2.75) is 25.7 Å². The van der Waals surface area contributed by atoms with Gasteiger partial charge >= 0.3 is 10.1 Å². The van der Waals surface area contributed by atoms with E-state index in [-0.39, 0.29) is 0 Å². The van der Waals surface area contributed by atoms with Crippen LogP contribution in [0.2, 0.25) is 0 Å². The summed E-state index contributed by atoms with van der Waals surface area (Å²) in [6.07, 6.45) is 5.20. The Morgan fingerprint density at radius 2 is 1.81 bits per heavy atom. The fourth-order valence-electron chi connectivity index (χ4n) is 1.39. The highest BCUT2D eigenvalue weighted by atomic mass is 32.2. The lowest BCUT2D eigenvalue weighted by molar-refractivity contribution is 0.493. The molecule has 0 aliphatic carbocycles. The summed E-state index contributed by atoms with van der Waals surface area (Å²) in [6.45, 7) is 3.78. The summed E-state index contributed by atoms with van der Waals surface area (Å²) in [5.41, 5.74) is 1.19. The van der Waals surface area contributed by atoms with Crippen molar-refractivity contribution in [2.75, 3.05) is 6.26 Å². The van der Waals surface area contributed by atoms with E-state index in [2.05, 4.69) is 6.92 Å². The van der Waals surface area contributed by atoms with Crippen LogP contribution in [0.3, 0.4) is 0 Å². The Labute approximate surface area is 97.6 Å². The average Bonchev–Trinajstić information content (AvgIpc) is 2.19. The molecule has 0 saturated heterocycles. The van der Waals surface area contributed by atoms with Crippen molar-refractivity contribution in [3.63, 3.8) is 0 Å². The topological polar surface area (TPSA) is 43.4 Å². The monoisotopic (exact) mass is 241 g/mol. The summed E-state index contributed by atoms with van der Waals surface area (Å²) in [5.74, 6) is 0.364. The zero-order chi connectivity index (χ0) is 12.0. The van der Waals surface area contributed by atoms with Crippen molar-refractivity contribution in [1.29, 1.82) is 0 Å². The first-order valence-corrected chi connectivity index (χ1v) is 7.10. The zero-order valence-electron chi connectivity index (χ0n) is 9.48. The van der Waals surface area contributed by atoms with Gasteiger partial charge in [0.25, 0.3) is 0 Å². The lowest BCUT2D eigenvalue weighted by atomic mass is 10.1. The summed E-state index contributed by atoms with van der Waals surface area (Å²) in [6, 6.07) is 7.15. The highest BCUT2D eigenvalue weighted by Gasteiger charge is 2.03. The molecular formula is C12H17O3S. The first kappa shape index (κ1) is 13.0. The summed E-state index contributed by atoms with van der Waals surface area (Å²) in [7, 11) is -3.42. The zero-order valence-corrected chi connectivity index (χ0v) is 10.3. The number of benzene rings is 1. The molecule has 0 N–H and O–H groups in total. The third-order valence-corrected chi connectivity index (χ3v) is 2.63. The molecule has 0 heterocycles. The number of hydrogen-bond acceptors (Lipinski definition) is 3. The standard InChI is InChI=1S/C12H17O3S/c1-3-4-5-6-11-7-9-12(10-8-11)15-16(2,13)14/h7-10H,1,3-6H2,2H3. The summed E-state index contributed by atoms with van der Waals surface area (Å²) >= 11 is 0. The van der Waals surface area contributed by atoms with Gasteiger partial charge in [-0.05, 0) is 30.5 Å². The predicted octanol–water partition coefficient (Wildman–Crippen LogP) is 2.57. The molecule has 1 aromatic rings. The quantitative estimate of drug-likeness (QED) is 0.568. The molecule has 0 aromatic heterocycles. The fraction of sp³-hybridized carbons (Fsp3) is 0.417. The molecule has 3 nitrogen and oxygen atoms in total. The van der Waals surface area contributed by atoms with Gasteiger partial charge in [0.2, 0.25) is 0 Å². The Hall–Kier alpha value is -1.03. The first-order valence-electron chi connectivity index (χ1n) is 5.29. The number of unbranched alkanes of at least 4 members (excludes halogenated alkanes) is 2. The van der Waals surface area contributed by atoms with E-state index in [0.717, 1.165) is 31.9 Å². The van der Waals surface area contributed by atoms with Gasteiger partial charge in [0.05, 0.1) is 6.26 Å². The predicted molar refractivity (Wildman–Crippen MR) is 64.8 cm³/mol. The maximum atomic E-state index is 10.9. The van der Waals surface area contributed by atoms with Crippen molar-refractivity contribution < 1.29 is 12.6 Å². The van der Waals surface area contributed by atoms with E-state index in [4.69, 9.17) is 4.18 Å². The Balaban J connectivity index is 2.54. The van der Waals surface area contributed by atoms with E-state index in [1.807, 2.05) is 12.1 Å². The Bertz CT molecular complexity index is 406. The van der Waals surface area contributed by atoms with Crippen LogP contribution in [0.15, 0.2) is 24.3 Å². The highest BCUT2D eigenvalue weighted by molar-refractivity contribution is 7.86. The van der Waals surface area contributed by atoms with Gasteiger partial charge in [-0.2, -0.15) is 8.42 Å². The van der Waals surface area contributed by atoms with Gasteiger partial charge in [0, 0.05) is 0 Å². The summed E-state index contributed by atoms with van der Waals surface area (Å²) in [4.78, 5) is 0. The van der Waals surface area contributed by atoms with Crippen LogP contribution in [0.25, 0.3) is 0 Å². The van der Waals surface area contributed by atoms with Gasteiger partial charge < -0.3 is 4.18 Å². The molecule has 89 valence electrons. The maximum absolute atomic E-state index is 10.9. The lowest BCUT2D eigenvalue weighted by Gasteiger charge is -2.04. The second kappa shape index (κ2) is 5.89. The van der Waals surface area contributed by atoms with Crippen LogP contribution in [0, 0.1) is 6.92 Å². The molecule has 1 radical (unpaired) electrons. The molecule has 0 atom stereocenters. The molecule has 0 spiro atoms. The van der Waals surface area contributed by atoms with Crippen LogP contribution in [0.4, 0.5) is 0 Å².